The number of hydrogen-bond donors (Lipinski definition) is 2. The fourth-order valence-corrected chi connectivity index (χ4v) is 3.85. The zero-order chi connectivity index (χ0) is 17.6. The van der Waals surface area contributed by atoms with Gasteiger partial charge < -0.3 is 5.32 Å². The highest BCUT2D eigenvalue weighted by molar-refractivity contribution is 8.15. The van der Waals surface area contributed by atoms with Gasteiger partial charge in [-0.05, 0) is 42.5 Å². The molecule has 25 heavy (non-hydrogen) atoms. The quantitative estimate of drug-likeness (QED) is 0.611. The number of nitrogens with one attached hydrogen (secondary N) is 2. The number of hydrazone groups is 1. The largest absolute Gasteiger partial charge is 0.335 e. The van der Waals surface area contributed by atoms with E-state index in [1.165, 1.54) is 11.3 Å². The summed E-state index contributed by atoms with van der Waals surface area (Å²) in [5.74, 6) is -0.186. The minimum absolute atomic E-state index is 0.186. The second kappa shape index (κ2) is 8.31. The van der Waals surface area contributed by atoms with Crippen molar-refractivity contribution < 1.29 is 4.79 Å². The van der Waals surface area contributed by atoms with Gasteiger partial charge in [0.05, 0.1) is 17.1 Å². The Kier molecular flexibility index (Phi) is 5.88. The maximum absolute atomic E-state index is 11.9. The number of thiophene rings is 1. The molecular weight excluding hydrogens is 352 g/mol. The van der Waals surface area contributed by atoms with Gasteiger partial charge in [-0.3, -0.25) is 9.79 Å². The van der Waals surface area contributed by atoms with Crippen molar-refractivity contribution in [1.29, 1.82) is 0 Å². The topological polar surface area (TPSA) is 65.8 Å². The molecule has 1 aromatic heterocycles. The van der Waals surface area contributed by atoms with Crippen molar-refractivity contribution in [3.63, 3.8) is 0 Å². The highest BCUT2D eigenvalue weighted by Gasteiger charge is 2.17. The minimum atomic E-state index is -0.186. The van der Waals surface area contributed by atoms with E-state index in [0.717, 1.165) is 35.1 Å². The van der Waals surface area contributed by atoms with Crippen LogP contribution in [0.4, 0.5) is 5.69 Å². The molecule has 0 radical (unpaired) electrons. The van der Waals surface area contributed by atoms with Gasteiger partial charge in [0.25, 0.3) is 5.91 Å². The smallest absolute Gasteiger partial charge is 0.281 e. The van der Waals surface area contributed by atoms with Gasteiger partial charge in [-0.1, -0.05) is 36.9 Å². The Morgan fingerprint density at radius 2 is 2.12 bits per heavy atom. The van der Waals surface area contributed by atoms with Gasteiger partial charge in [0.2, 0.25) is 0 Å². The number of thioether (sulfide) groups is 1. The van der Waals surface area contributed by atoms with Gasteiger partial charge in [0, 0.05) is 10.9 Å². The molecule has 3 rings (SSSR count). The van der Waals surface area contributed by atoms with Crippen molar-refractivity contribution in [1.82, 2.24) is 5.43 Å². The maximum atomic E-state index is 11.9. The lowest BCUT2D eigenvalue weighted by molar-refractivity contribution is 0.0959. The van der Waals surface area contributed by atoms with Crippen molar-refractivity contribution >= 4 is 45.6 Å². The molecule has 0 saturated heterocycles. The fourth-order valence-electron chi connectivity index (χ4n) is 2.28. The summed E-state index contributed by atoms with van der Waals surface area (Å²) in [6.07, 6.45) is 1.13. The molecule has 0 saturated carbocycles. The zero-order valence-electron chi connectivity index (χ0n) is 14.2. The minimum Gasteiger partial charge on any atom is -0.335 e. The van der Waals surface area contributed by atoms with Gasteiger partial charge in [-0.15, -0.1) is 11.3 Å². The summed E-state index contributed by atoms with van der Waals surface area (Å²) < 4.78 is 0. The number of benzene rings is 1. The Hall–Kier alpha value is -2.12. The van der Waals surface area contributed by atoms with Crippen LogP contribution in [0.5, 0.6) is 0 Å². The lowest BCUT2D eigenvalue weighted by Gasteiger charge is -2.08. The highest BCUT2D eigenvalue weighted by Crippen LogP contribution is 2.24. The first-order valence-electron chi connectivity index (χ1n) is 8.12. The van der Waals surface area contributed by atoms with Crippen LogP contribution in [0.25, 0.3) is 0 Å². The number of rotatable bonds is 5. The van der Waals surface area contributed by atoms with Crippen LogP contribution in [0.3, 0.4) is 0 Å². The van der Waals surface area contributed by atoms with E-state index in [1.54, 1.807) is 17.8 Å². The molecule has 0 spiro atoms. The number of carbonyl (C=O) groups excluding carboxylic acids is 1. The van der Waals surface area contributed by atoms with Gasteiger partial charge in [0.1, 0.15) is 0 Å². The average molecular weight is 373 g/mol. The number of hydrogen-bond acceptors (Lipinski definition) is 6. The van der Waals surface area contributed by atoms with Gasteiger partial charge in [-0.2, -0.15) is 5.10 Å². The first-order valence-corrected chi connectivity index (χ1v) is 9.88. The number of nitrogens with zero attached hydrogens (tertiary/aromatic N) is 2. The van der Waals surface area contributed by atoms with Crippen molar-refractivity contribution in [2.75, 3.05) is 11.9 Å². The van der Waals surface area contributed by atoms with Crippen LogP contribution in [0.15, 0.2) is 51.9 Å². The Labute approximate surface area is 155 Å². The molecule has 2 heterocycles. The second-order valence-corrected chi connectivity index (χ2v) is 7.85. The molecule has 2 N–H and O–H groups in total. The summed E-state index contributed by atoms with van der Waals surface area (Å²) in [5, 5.41) is 11.0. The molecule has 5 nitrogen and oxygen atoms in total. The average Bonchev–Trinajstić information content (AvgIpc) is 3.32. The molecule has 1 aromatic carbocycles. The molecule has 2 aromatic rings. The summed E-state index contributed by atoms with van der Waals surface area (Å²) in [6, 6.07) is 11.6. The molecule has 1 aliphatic rings. The van der Waals surface area contributed by atoms with Crippen LogP contribution in [0.2, 0.25) is 0 Å². The Bertz CT molecular complexity index is 782. The lowest BCUT2D eigenvalue weighted by Crippen LogP contribution is -2.18. The van der Waals surface area contributed by atoms with E-state index in [4.69, 9.17) is 0 Å². The number of carbonyl (C=O) groups is 1. The van der Waals surface area contributed by atoms with Crippen LogP contribution in [-0.2, 0) is 0 Å². The number of anilines is 1. The predicted octanol–water partition coefficient (Wildman–Crippen LogP) is 4.20. The summed E-state index contributed by atoms with van der Waals surface area (Å²) >= 11 is 3.19. The summed E-state index contributed by atoms with van der Waals surface area (Å²) in [6.45, 7) is 4.95. The Balaban J connectivity index is 1.58. The lowest BCUT2D eigenvalue weighted by atomic mass is 10.1. The molecule has 1 amide bonds. The third-order valence-electron chi connectivity index (χ3n) is 3.80. The van der Waals surface area contributed by atoms with E-state index in [2.05, 4.69) is 27.8 Å². The Morgan fingerprint density at radius 1 is 1.32 bits per heavy atom. The summed E-state index contributed by atoms with van der Waals surface area (Å²) in [5.41, 5.74) is 5.31. The van der Waals surface area contributed by atoms with Gasteiger partial charge in [-0.25, -0.2) is 5.43 Å². The summed E-state index contributed by atoms with van der Waals surface area (Å²) in [4.78, 5) is 17.1. The van der Waals surface area contributed by atoms with Gasteiger partial charge >= 0.3 is 0 Å². The highest BCUT2D eigenvalue weighted by atomic mass is 32.2. The predicted molar refractivity (Wildman–Crippen MR) is 108 cm³/mol. The van der Waals surface area contributed by atoms with Crippen molar-refractivity contribution in [3.05, 3.63) is 52.2 Å². The van der Waals surface area contributed by atoms with Crippen molar-refractivity contribution in [3.8, 4) is 0 Å². The Morgan fingerprint density at radius 3 is 2.76 bits per heavy atom. The molecule has 0 aliphatic carbocycles. The number of amidine groups is 1. The number of amides is 1. The molecular formula is C18H20N4OS2. The van der Waals surface area contributed by atoms with Crippen molar-refractivity contribution in [2.24, 2.45) is 10.1 Å². The van der Waals surface area contributed by atoms with Crippen LogP contribution in [-0.4, -0.2) is 28.6 Å². The van der Waals surface area contributed by atoms with E-state index in [0.29, 0.717) is 10.1 Å². The SMILES string of the molecule is CC[C@H]1CN=C(Nc2ccc(/C(C)=N\NC(=O)c3cccs3)cc2)S1. The van der Waals surface area contributed by atoms with Crippen LogP contribution >= 0.6 is 23.1 Å². The third-order valence-corrected chi connectivity index (χ3v) is 5.94. The normalized spacial score (nSPS) is 17.3. The molecule has 130 valence electrons. The second-order valence-electron chi connectivity index (χ2n) is 5.61. The molecule has 7 heteroatoms. The first-order chi connectivity index (χ1) is 12.2. The molecule has 0 bridgehead atoms. The third kappa shape index (κ3) is 4.70. The van der Waals surface area contributed by atoms with Crippen LogP contribution < -0.4 is 10.7 Å². The standard InChI is InChI=1S/C18H20N4OS2/c1-3-15-11-19-18(25-15)20-14-8-6-13(7-9-14)12(2)21-22-17(23)16-5-4-10-24-16/h4-10,15H,3,11H2,1-2H3,(H,19,20)(H,22,23)/b21-12-/t15-/m0/s1. The maximum Gasteiger partial charge on any atom is 0.281 e. The molecule has 1 aliphatic heterocycles. The molecule has 0 fully saturated rings. The van der Waals surface area contributed by atoms with Crippen LogP contribution in [0.1, 0.15) is 35.5 Å². The molecule has 0 unspecified atom stereocenters. The van der Waals surface area contributed by atoms with Crippen LogP contribution in [0, 0.1) is 0 Å². The van der Waals surface area contributed by atoms with Gasteiger partial charge in [0.15, 0.2) is 5.17 Å². The van der Waals surface area contributed by atoms with E-state index < -0.39 is 0 Å². The first kappa shape index (κ1) is 17.7. The number of aliphatic imine (C=N–C) groups is 1. The van der Waals surface area contributed by atoms with E-state index >= 15 is 0 Å². The summed E-state index contributed by atoms with van der Waals surface area (Å²) in [7, 11) is 0. The fraction of sp³-hybridized carbons (Fsp3) is 0.278. The monoisotopic (exact) mass is 372 g/mol. The van der Waals surface area contributed by atoms with E-state index in [-0.39, 0.29) is 5.91 Å². The van der Waals surface area contributed by atoms with E-state index in [1.807, 2.05) is 42.6 Å². The zero-order valence-corrected chi connectivity index (χ0v) is 15.8. The molecule has 1 atom stereocenters. The van der Waals surface area contributed by atoms with Crippen molar-refractivity contribution in [2.45, 2.75) is 25.5 Å². The van der Waals surface area contributed by atoms with E-state index in [9.17, 15) is 4.79 Å².